The molecule has 0 spiro atoms. The first-order chi connectivity index (χ1) is 10.7. The minimum Gasteiger partial charge on any atom is -0.392 e. The summed E-state index contributed by atoms with van der Waals surface area (Å²) >= 11 is 0. The number of hydrogen-bond donors (Lipinski definition) is 2. The fraction of sp³-hybridized carbons (Fsp3) is 0.778. The van der Waals surface area contributed by atoms with E-state index < -0.39 is 6.10 Å². The molecule has 0 aliphatic heterocycles. The molecule has 1 aromatic heterocycles. The predicted octanol–water partition coefficient (Wildman–Crippen LogP) is 3.08. The SMILES string of the molecule is Cc1c(C(=O)NCC(C)(C)C(O)C(C)C)cnn1C1CCCC1. The molecule has 5 heteroatoms. The Morgan fingerprint density at radius 3 is 2.61 bits per heavy atom. The van der Waals surface area contributed by atoms with Gasteiger partial charge in [0.05, 0.1) is 23.9 Å². The van der Waals surface area contributed by atoms with Crippen molar-refractivity contribution >= 4 is 5.91 Å². The van der Waals surface area contributed by atoms with Gasteiger partial charge in [-0.05, 0) is 25.7 Å². The zero-order chi connectivity index (χ0) is 17.2. The highest BCUT2D eigenvalue weighted by Crippen LogP contribution is 2.30. The zero-order valence-corrected chi connectivity index (χ0v) is 15.1. The second-order valence-corrected chi connectivity index (χ2v) is 7.89. The van der Waals surface area contributed by atoms with Crippen molar-refractivity contribution in [3.8, 4) is 0 Å². The van der Waals surface area contributed by atoms with Gasteiger partial charge in [-0.2, -0.15) is 5.10 Å². The lowest BCUT2D eigenvalue weighted by atomic mass is 9.80. The normalized spacial score (nSPS) is 17.7. The smallest absolute Gasteiger partial charge is 0.254 e. The lowest BCUT2D eigenvalue weighted by Crippen LogP contribution is -2.43. The lowest BCUT2D eigenvalue weighted by molar-refractivity contribution is 0.0138. The van der Waals surface area contributed by atoms with Gasteiger partial charge in [-0.15, -0.1) is 0 Å². The van der Waals surface area contributed by atoms with Crippen LogP contribution in [0, 0.1) is 18.3 Å². The lowest BCUT2D eigenvalue weighted by Gasteiger charge is -2.33. The van der Waals surface area contributed by atoms with E-state index >= 15 is 0 Å². The number of aliphatic hydroxyl groups excluding tert-OH is 1. The molecular weight excluding hydrogens is 290 g/mol. The molecule has 1 amide bonds. The van der Waals surface area contributed by atoms with E-state index in [1.807, 2.05) is 39.3 Å². The zero-order valence-electron chi connectivity index (χ0n) is 15.1. The average Bonchev–Trinajstić information content (AvgIpc) is 3.13. The third-order valence-electron chi connectivity index (χ3n) is 5.10. The second-order valence-electron chi connectivity index (χ2n) is 7.89. The molecule has 1 unspecified atom stereocenters. The fourth-order valence-electron chi connectivity index (χ4n) is 3.57. The first kappa shape index (κ1) is 18.0. The topological polar surface area (TPSA) is 67.2 Å². The molecule has 1 aliphatic carbocycles. The molecule has 0 bridgehead atoms. The molecule has 1 saturated carbocycles. The van der Waals surface area contributed by atoms with Crippen LogP contribution < -0.4 is 5.32 Å². The van der Waals surface area contributed by atoms with Crippen LogP contribution in [0.1, 0.15) is 75.5 Å². The van der Waals surface area contributed by atoms with E-state index in [0.29, 0.717) is 18.2 Å². The van der Waals surface area contributed by atoms with Gasteiger partial charge >= 0.3 is 0 Å². The summed E-state index contributed by atoms with van der Waals surface area (Å²) in [6, 6.07) is 0.441. The molecular formula is C18H31N3O2. The molecule has 0 aromatic carbocycles. The monoisotopic (exact) mass is 321 g/mol. The summed E-state index contributed by atoms with van der Waals surface area (Å²) in [7, 11) is 0. The average molecular weight is 321 g/mol. The number of aromatic nitrogens is 2. The van der Waals surface area contributed by atoms with Gasteiger partial charge in [0.15, 0.2) is 0 Å². The standard InChI is InChI=1S/C18H31N3O2/c1-12(2)16(22)18(4,5)11-19-17(23)15-10-20-21(13(15)3)14-8-6-7-9-14/h10,12,14,16,22H,6-9,11H2,1-5H3,(H,19,23). The van der Waals surface area contributed by atoms with Crippen LogP contribution in [0.5, 0.6) is 0 Å². The first-order valence-electron chi connectivity index (χ1n) is 8.74. The maximum atomic E-state index is 12.5. The van der Waals surface area contributed by atoms with Crippen LogP contribution in [0.2, 0.25) is 0 Å². The minimum absolute atomic E-state index is 0.101. The van der Waals surface area contributed by atoms with E-state index in [0.717, 1.165) is 18.5 Å². The molecule has 0 radical (unpaired) electrons. The van der Waals surface area contributed by atoms with Crippen molar-refractivity contribution in [1.29, 1.82) is 0 Å². The Labute approximate surface area is 139 Å². The Bertz CT molecular complexity index is 542. The number of nitrogens with one attached hydrogen (secondary N) is 1. The Morgan fingerprint density at radius 2 is 2.04 bits per heavy atom. The Hall–Kier alpha value is -1.36. The van der Waals surface area contributed by atoms with Gasteiger partial charge in [0, 0.05) is 17.7 Å². The third-order valence-corrected chi connectivity index (χ3v) is 5.10. The van der Waals surface area contributed by atoms with E-state index in [1.54, 1.807) is 6.20 Å². The van der Waals surface area contributed by atoms with Crippen molar-refractivity contribution in [2.75, 3.05) is 6.54 Å². The molecule has 23 heavy (non-hydrogen) atoms. The number of aliphatic hydroxyl groups is 1. The fourth-order valence-corrected chi connectivity index (χ4v) is 3.57. The molecule has 1 aliphatic rings. The van der Waals surface area contributed by atoms with Gasteiger partial charge in [0.1, 0.15) is 0 Å². The molecule has 2 N–H and O–H groups in total. The third kappa shape index (κ3) is 3.94. The highest BCUT2D eigenvalue weighted by Gasteiger charge is 2.31. The van der Waals surface area contributed by atoms with Crippen LogP contribution >= 0.6 is 0 Å². The predicted molar refractivity (Wildman–Crippen MR) is 91.4 cm³/mol. The number of rotatable bonds is 6. The highest BCUT2D eigenvalue weighted by molar-refractivity contribution is 5.95. The van der Waals surface area contributed by atoms with Crippen molar-refractivity contribution in [3.63, 3.8) is 0 Å². The summed E-state index contributed by atoms with van der Waals surface area (Å²) in [5.41, 5.74) is 1.22. The van der Waals surface area contributed by atoms with E-state index in [9.17, 15) is 9.90 Å². The van der Waals surface area contributed by atoms with Crippen molar-refractivity contribution < 1.29 is 9.90 Å². The maximum Gasteiger partial charge on any atom is 0.254 e. The minimum atomic E-state index is -0.454. The van der Waals surface area contributed by atoms with Gasteiger partial charge in [-0.1, -0.05) is 40.5 Å². The van der Waals surface area contributed by atoms with Crippen LogP contribution in [0.4, 0.5) is 0 Å². The Balaban J connectivity index is 2.01. The summed E-state index contributed by atoms with van der Waals surface area (Å²) in [6.45, 7) is 10.3. The Kier molecular flexibility index (Phi) is 5.50. The van der Waals surface area contributed by atoms with Crippen LogP contribution in [-0.4, -0.2) is 33.4 Å². The van der Waals surface area contributed by atoms with Gasteiger partial charge in [-0.3, -0.25) is 9.48 Å². The number of carbonyl (C=O) groups is 1. The first-order valence-corrected chi connectivity index (χ1v) is 8.74. The van der Waals surface area contributed by atoms with E-state index in [-0.39, 0.29) is 17.2 Å². The van der Waals surface area contributed by atoms with Gasteiger partial charge < -0.3 is 10.4 Å². The highest BCUT2D eigenvalue weighted by atomic mass is 16.3. The van der Waals surface area contributed by atoms with Crippen LogP contribution in [0.25, 0.3) is 0 Å². The Morgan fingerprint density at radius 1 is 1.43 bits per heavy atom. The quantitative estimate of drug-likeness (QED) is 0.846. The van der Waals surface area contributed by atoms with Crippen molar-refractivity contribution in [1.82, 2.24) is 15.1 Å². The van der Waals surface area contributed by atoms with Gasteiger partial charge in [-0.25, -0.2) is 0 Å². The van der Waals surface area contributed by atoms with Gasteiger partial charge in [0.25, 0.3) is 5.91 Å². The van der Waals surface area contributed by atoms with Crippen molar-refractivity contribution in [3.05, 3.63) is 17.5 Å². The number of carbonyl (C=O) groups excluding carboxylic acids is 1. The molecule has 2 rings (SSSR count). The summed E-state index contributed by atoms with van der Waals surface area (Å²) in [5, 5.41) is 17.7. The maximum absolute atomic E-state index is 12.5. The number of nitrogens with zero attached hydrogens (tertiary/aromatic N) is 2. The van der Waals surface area contributed by atoms with E-state index in [4.69, 9.17) is 0 Å². The number of hydrogen-bond acceptors (Lipinski definition) is 3. The largest absolute Gasteiger partial charge is 0.392 e. The van der Waals surface area contributed by atoms with Crippen molar-refractivity contribution in [2.24, 2.45) is 11.3 Å². The van der Waals surface area contributed by atoms with Crippen molar-refractivity contribution in [2.45, 2.75) is 72.4 Å². The van der Waals surface area contributed by atoms with E-state index in [2.05, 4.69) is 10.4 Å². The summed E-state index contributed by atoms with van der Waals surface area (Å²) in [6.07, 6.45) is 6.01. The van der Waals surface area contributed by atoms with Gasteiger partial charge in [0.2, 0.25) is 0 Å². The summed E-state index contributed by atoms with van der Waals surface area (Å²) < 4.78 is 2.01. The number of amides is 1. The van der Waals surface area contributed by atoms with E-state index in [1.165, 1.54) is 12.8 Å². The summed E-state index contributed by atoms with van der Waals surface area (Å²) in [5.74, 6) is 0.0598. The molecule has 130 valence electrons. The van der Waals surface area contributed by atoms with Crippen LogP contribution in [0.15, 0.2) is 6.20 Å². The second kappa shape index (κ2) is 7.04. The molecule has 1 fully saturated rings. The van der Waals surface area contributed by atoms with Crippen LogP contribution in [0.3, 0.4) is 0 Å². The molecule has 1 heterocycles. The summed E-state index contributed by atoms with van der Waals surface area (Å²) in [4.78, 5) is 12.5. The molecule has 0 saturated heterocycles. The van der Waals surface area contributed by atoms with Crippen LogP contribution in [-0.2, 0) is 0 Å². The molecule has 5 nitrogen and oxygen atoms in total. The molecule has 1 aromatic rings. The molecule has 1 atom stereocenters.